The molecular weight excluding hydrogens is 315 g/mol. The number of likely N-dealkylation sites (tertiary alicyclic amines) is 1. The van der Waals surface area contributed by atoms with Crippen LogP contribution in [0, 0.1) is 5.41 Å². The minimum absolute atomic E-state index is 0.0582. The Labute approximate surface area is 150 Å². The van der Waals surface area contributed by atoms with Gasteiger partial charge in [0.25, 0.3) is 0 Å². The maximum Gasteiger partial charge on any atom is 0.458 e. The summed E-state index contributed by atoms with van der Waals surface area (Å²) in [7, 11) is 1.51. The molecule has 0 radical (unpaired) electrons. The van der Waals surface area contributed by atoms with Crippen molar-refractivity contribution in [3.63, 3.8) is 0 Å². The van der Waals surface area contributed by atoms with Crippen molar-refractivity contribution in [1.82, 2.24) is 9.88 Å². The summed E-state index contributed by atoms with van der Waals surface area (Å²) < 4.78 is 12.3. The Bertz CT molecular complexity index is 686. The smallest absolute Gasteiger partial charge is 0.403 e. The van der Waals surface area contributed by atoms with Crippen LogP contribution in [0.5, 0.6) is 0 Å². The Kier molecular flexibility index (Phi) is 4.32. The van der Waals surface area contributed by atoms with Crippen LogP contribution in [0.1, 0.15) is 40.2 Å². The van der Waals surface area contributed by atoms with Gasteiger partial charge in [0.05, 0.1) is 11.2 Å². The third kappa shape index (κ3) is 3.25. The number of amides is 1. The molecule has 0 N–H and O–H groups in total. The average Bonchev–Trinajstić information content (AvgIpc) is 2.83. The molecule has 0 saturated carbocycles. The zero-order chi connectivity index (χ0) is 18.5. The highest BCUT2D eigenvalue weighted by atomic mass is 16.7. The summed E-state index contributed by atoms with van der Waals surface area (Å²) in [6.45, 7) is 11.0. The molecule has 0 aromatic carbocycles. The second-order valence-electron chi connectivity index (χ2n) is 8.46. The molecule has 5 nitrogen and oxygen atoms in total. The quantitative estimate of drug-likeness (QED) is 0.626. The first-order chi connectivity index (χ1) is 11.5. The van der Waals surface area contributed by atoms with Gasteiger partial charge in [-0.2, -0.15) is 0 Å². The summed E-state index contributed by atoms with van der Waals surface area (Å²) in [5, 5.41) is 0. The largest absolute Gasteiger partial charge is 0.458 e. The monoisotopic (exact) mass is 342 g/mol. The van der Waals surface area contributed by atoms with Crippen molar-refractivity contribution in [1.29, 1.82) is 0 Å². The highest BCUT2D eigenvalue weighted by Gasteiger charge is 2.55. The average molecular weight is 342 g/mol. The molecule has 0 spiro atoms. The third-order valence-electron chi connectivity index (χ3n) is 5.73. The van der Waals surface area contributed by atoms with Gasteiger partial charge in [-0.1, -0.05) is 13.0 Å². The van der Waals surface area contributed by atoms with Gasteiger partial charge in [-0.3, -0.25) is 9.78 Å². The first-order valence-electron chi connectivity index (χ1n) is 8.77. The van der Waals surface area contributed by atoms with E-state index in [9.17, 15) is 4.79 Å². The van der Waals surface area contributed by atoms with Crippen LogP contribution in [-0.2, 0) is 14.1 Å². The van der Waals surface area contributed by atoms with E-state index in [1.54, 1.807) is 17.3 Å². The van der Waals surface area contributed by atoms with Crippen molar-refractivity contribution in [3.8, 4) is 0 Å². The van der Waals surface area contributed by atoms with E-state index in [1.165, 1.54) is 0 Å². The molecule has 134 valence electrons. The highest BCUT2D eigenvalue weighted by molar-refractivity contribution is 6.46. The van der Waals surface area contributed by atoms with Crippen LogP contribution in [0.15, 0.2) is 30.1 Å². The maximum atomic E-state index is 12.7. The number of nitrogens with zero attached hydrogens (tertiary/aromatic N) is 2. The van der Waals surface area contributed by atoms with Crippen LogP contribution in [0.3, 0.4) is 0 Å². The molecular formula is C19H27BN2O3. The molecule has 3 rings (SSSR count). The molecule has 0 aliphatic carbocycles. The minimum atomic E-state index is -0.365. The summed E-state index contributed by atoms with van der Waals surface area (Å²) >= 11 is 0. The predicted octanol–water partition coefficient (Wildman–Crippen LogP) is 3.04. The van der Waals surface area contributed by atoms with Crippen LogP contribution in [0.25, 0.3) is 6.08 Å². The van der Waals surface area contributed by atoms with Crippen molar-refractivity contribution in [3.05, 3.63) is 35.7 Å². The van der Waals surface area contributed by atoms with Crippen LogP contribution in [0.4, 0.5) is 0 Å². The molecule has 2 fully saturated rings. The fraction of sp³-hybridized carbons (Fsp3) is 0.579. The maximum absolute atomic E-state index is 12.7. The van der Waals surface area contributed by atoms with Gasteiger partial charge in [0.2, 0.25) is 5.91 Å². The molecule has 1 aromatic rings. The molecule has 1 atom stereocenters. The summed E-state index contributed by atoms with van der Waals surface area (Å²) in [5.74, 6) is 0.0582. The van der Waals surface area contributed by atoms with Gasteiger partial charge in [0.15, 0.2) is 0 Å². The van der Waals surface area contributed by atoms with Crippen LogP contribution >= 0.6 is 0 Å². The lowest BCUT2D eigenvalue weighted by molar-refractivity contribution is -0.123. The molecule has 2 aliphatic rings. The van der Waals surface area contributed by atoms with E-state index in [-0.39, 0.29) is 29.6 Å². The molecule has 25 heavy (non-hydrogen) atoms. The van der Waals surface area contributed by atoms with Crippen molar-refractivity contribution in [2.75, 3.05) is 13.6 Å². The standard InChI is InChI=1S/C19H27BN2O3/c1-17(2)18(3,4)25-20(24-17)12-19(5)13-22(6)16(23)15(19)10-14-8-7-9-21-11-14/h7-11H,12-13H2,1-6H3/b15-10+/t19-/m0/s1. The molecule has 2 saturated heterocycles. The molecule has 6 heteroatoms. The summed E-state index contributed by atoms with van der Waals surface area (Å²) in [6.07, 6.45) is 6.09. The van der Waals surface area contributed by atoms with Gasteiger partial charge < -0.3 is 14.2 Å². The van der Waals surface area contributed by atoms with Crippen molar-refractivity contribution in [2.45, 2.75) is 52.1 Å². The Morgan fingerprint density at radius 1 is 1.24 bits per heavy atom. The first-order valence-corrected chi connectivity index (χ1v) is 8.77. The topological polar surface area (TPSA) is 51.7 Å². The van der Waals surface area contributed by atoms with E-state index in [0.717, 1.165) is 11.1 Å². The minimum Gasteiger partial charge on any atom is -0.403 e. The number of pyridine rings is 1. The lowest BCUT2D eigenvalue weighted by atomic mass is 9.66. The number of hydrogen-bond acceptors (Lipinski definition) is 4. The zero-order valence-electron chi connectivity index (χ0n) is 16.0. The second-order valence-corrected chi connectivity index (χ2v) is 8.46. The fourth-order valence-corrected chi connectivity index (χ4v) is 3.60. The van der Waals surface area contributed by atoms with Gasteiger partial charge in [0.1, 0.15) is 0 Å². The Morgan fingerprint density at radius 2 is 1.88 bits per heavy atom. The zero-order valence-corrected chi connectivity index (χ0v) is 16.0. The van der Waals surface area contributed by atoms with Gasteiger partial charge >= 0.3 is 7.12 Å². The molecule has 1 aromatic heterocycles. The summed E-state index contributed by atoms with van der Waals surface area (Å²) in [6, 6.07) is 3.84. The normalized spacial score (nSPS) is 29.7. The lowest BCUT2D eigenvalue weighted by Gasteiger charge is -2.32. The highest BCUT2D eigenvalue weighted by Crippen LogP contribution is 2.45. The van der Waals surface area contributed by atoms with Crippen molar-refractivity contribution >= 4 is 19.1 Å². The van der Waals surface area contributed by atoms with Crippen molar-refractivity contribution < 1.29 is 14.1 Å². The molecule has 3 heterocycles. The van der Waals surface area contributed by atoms with Gasteiger partial charge in [-0.25, -0.2) is 0 Å². The predicted molar refractivity (Wildman–Crippen MR) is 98.8 cm³/mol. The van der Waals surface area contributed by atoms with E-state index < -0.39 is 0 Å². The number of aromatic nitrogens is 1. The number of rotatable bonds is 3. The lowest BCUT2D eigenvalue weighted by Crippen LogP contribution is -2.41. The number of carbonyl (C=O) groups is 1. The van der Waals surface area contributed by atoms with Crippen molar-refractivity contribution in [2.24, 2.45) is 5.41 Å². The van der Waals surface area contributed by atoms with E-state index in [2.05, 4.69) is 11.9 Å². The summed E-state index contributed by atoms with van der Waals surface area (Å²) in [4.78, 5) is 18.6. The number of hydrogen-bond donors (Lipinski definition) is 0. The van der Waals surface area contributed by atoms with Crippen LogP contribution in [-0.4, -0.2) is 47.7 Å². The second kappa shape index (κ2) is 5.96. The fourth-order valence-electron chi connectivity index (χ4n) is 3.60. The molecule has 2 aliphatic heterocycles. The number of likely N-dealkylation sites (N-methyl/N-ethyl adjacent to an activating group) is 1. The molecule has 1 amide bonds. The van der Waals surface area contributed by atoms with E-state index in [4.69, 9.17) is 9.31 Å². The first kappa shape index (κ1) is 18.1. The Morgan fingerprint density at radius 3 is 2.44 bits per heavy atom. The molecule has 0 bridgehead atoms. The number of carbonyl (C=O) groups excluding carboxylic acids is 1. The van der Waals surface area contributed by atoms with Crippen LogP contribution in [0.2, 0.25) is 6.32 Å². The van der Waals surface area contributed by atoms with Gasteiger partial charge in [0, 0.05) is 37.0 Å². The van der Waals surface area contributed by atoms with Gasteiger partial charge in [-0.15, -0.1) is 0 Å². The third-order valence-corrected chi connectivity index (χ3v) is 5.73. The van der Waals surface area contributed by atoms with E-state index in [1.807, 2.05) is 53.0 Å². The summed E-state index contributed by atoms with van der Waals surface area (Å²) in [5.41, 5.74) is 0.660. The van der Waals surface area contributed by atoms with Crippen LogP contribution < -0.4 is 0 Å². The van der Waals surface area contributed by atoms with E-state index >= 15 is 0 Å². The van der Waals surface area contributed by atoms with E-state index in [0.29, 0.717) is 12.9 Å². The SMILES string of the molecule is CN1C[C@](C)(CB2OC(C)(C)C(C)(C)O2)/C(=C/c2cccnc2)C1=O. The van der Waals surface area contributed by atoms with Gasteiger partial charge in [-0.05, 0) is 51.7 Å². The Balaban J connectivity index is 1.88. The Hall–Kier alpha value is -1.66. The molecule has 0 unspecified atom stereocenters.